The maximum Gasteiger partial charge on any atom is 0.164 e. The maximum atomic E-state index is 9.56. The van der Waals surface area contributed by atoms with E-state index in [1.54, 1.807) is 24.3 Å². The Bertz CT molecular complexity index is 4050. The Morgan fingerprint density at radius 3 is 1.67 bits per heavy atom. The number of para-hydroxylation sites is 1. The highest BCUT2D eigenvalue weighted by atomic mass is 16.3. The van der Waals surface area contributed by atoms with Gasteiger partial charge in [0, 0.05) is 27.5 Å². The zero-order valence-electron chi connectivity index (χ0n) is 45.9. The van der Waals surface area contributed by atoms with Gasteiger partial charge in [-0.3, -0.25) is 0 Å². The standard InChI is InChI=1S/C47H29N3O/c1-2-9-30(10-3-1)32-17-20-33(21-18-32)45-48-46(38-25-19-31-11-4-5-12-34(31)28-38)50-47(49-45)39-26-23-35-27-37(24-22-36(35)29-39)40-14-8-16-43-44(40)41-13-6-7-15-42(41)51-43/h1-29H/i4D,5D,6D,7D,8D,11D,12D,13D,14D,15D,16D,19D,22D,23D,24D,25D,26D,27D,28D,29D. The average molecular weight is 672 g/mol. The second-order valence-electron chi connectivity index (χ2n) is 11.3. The van der Waals surface area contributed by atoms with Crippen LogP contribution in [0.1, 0.15) is 27.4 Å². The molecule has 0 fully saturated rings. The van der Waals surface area contributed by atoms with Gasteiger partial charge in [-0.05, 0) is 74.0 Å². The van der Waals surface area contributed by atoms with Gasteiger partial charge in [0.25, 0.3) is 0 Å². The van der Waals surface area contributed by atoms with Crippen molar-refractivity contribution in [2.75, 3.05) is 0 Å². The molecular formula is C47H29N3O. The van der Waals surface area contributed by atoms with Crippen molar-refractivity contribution in [2.24, 2.45) is 0 Å². The molecule has 2 aromatic heterocycles. The lowest BCUT2D eigenvalue weighted by Gasteiger charge is -2.11. The summed E-state index contributed by atoms with van der Waals surface area (Å²) in [5.41, 5.74) is -1.02. The molecule has 0 N–H and O–H groups in total. The van der Waals surface area contributed by atoms with Gasteiger partial charge >= 0.3 is 0 Å². The minimum absolute atomic E-state index is 0.166. The third kappa shape index (κ3) is 5.22. The van der Waals surface area contributed by atoms with Gasteiger partial charge in [-0.25, -0.2) is 15.0 Å². The van der Waals surface area contributed by atoms with Crippen LogP contribution in [0.2, 0.25) is 0 Å². The van der Waals surface area contributed by atoms with Crippen molar-refractivity contribution in [1.82, 2.24) is 15.0 Å². The number of furan rings is 1. The van der Waals surface area contributed by atoms with Crippen LogP contribution in [0.5, 0.6) is 0 Å². The molecule has 51 heavy (non-hydrogen) atoms. The molecule has 0 radical (unpaired) electrons. The van der Waals surface area contributed by atoms with E-state index in [4.69, 9.17) is 22.2 Å². The van der Waals surface area contributed by atoms with E-state index in [0.717, 1.165) is 11.1 Å². The topological polar surface area (TPSA) is 51.8 Å². The van der Waals surface area contributed by atoms with Crippen LogP contribution in [0.3, 0.4) is 0 Å². The molecule has 238 valence electrons. The quantitative estimate of drug-likeness (QED) is 0.183. The van der Waals surface area contributed by atoms with Crippen molar-refractivity contribution in [3.63, 3.8) is 0 Å². The SMILES string of the molecule is [2H]c1c([2H])c([2H])c2c(oc3c([2H])c([2H])c([2H])c(-c4c([2H])c([2H])c5c([2H])c(-c6nc(-c7ccc(-c8ccccc8)cc7)nc(-c7c([2H])c([2H])c8c([2H])c([2H])c([2H])c([2H])c8c7[2H])n6)c([2H])c([2H])c5c4[2H])c32)c1[2H]. The molecule has 4 nitrogen and oxygen atoms in total. The predicted octanol–water partition coefficient (Wildman–Crippen LogP) is 12.4. The minimum atomic E-state index is -0.835. The summed E-state index contributed by atoms with van der Waals surface area (Å²) in [5.74, 6) is -1.19. The van der Waals surface area contributed by atoms with E-state index in [0.29, 0.717) is 5.56 Å². The number of hydrogen-bond acceptors (Lipinski definition) is 4. The smallest absolute Gasteiger partial charge is 0.164 e. The number of benzene rings is 8. The molecule has 0 unspecified atom stereocenters. The third-order valence-corrected chi connectivity index (χ3v) is 8.16. The lowest BCUT2D eigenvalue weighted by atomic mass is 9.96. The summed E-state index contributed by atoms with van der Waals surface area (Å²) >= 11 is 0. The monoisotopic (exact) mass is 671 g/mol. The van der Waals surface area contributed by atoms with E-state index in [1.165, 1.54) is 0 Å². The molecule has 0 saturated heterocycles. The second-order valence-corrected chi connectivity index (χ2v) is 11.3. The molecule has 0 spiro atoms. The Labute approximate surface area is 322 Å². The first-order valence-corrected chi connectivity index (χ1v) is 15.5. The first-order chi connectivity index (χ1) is 33.6. The molecular weight excluding hydrogens is 623 g/mol. The number of fused-ring (bicyclic) bond motifs is 5. The molecule has 0 saturated carbocycles. The van der Waals surface area contributed by atoms with Crippen molar-refractivity contribution in [1.29, 1.82) is 0 Å². The molecule has 10 rings (SSSR count). The summed E-state index contributed by atoms with van der Waals surface area (Å²) < 4.78 is 183. The lowest BCUT2D eigenvalue weighted by molar-refractivity contribution is 0.669. The highest BCUT2D eigenvalue weighted by Crippen LogP contribution is 2.38. The molecule has 0 aliphatic heterocycles. The summed E-state index contributed by atoms with van der Waals surface area (Å²) in [6, 6.07) is 1.74. The zero-order chi connectivity index (χ0) is 51.1. The van der Waals surface area contributed by atoms with E-state index >= 15 is 0 Å². The van der Waals surface area contributed by atoms with Crippen LogP contribution >= 0.6 is 0 Å². The van der Waals surface area contributed by atoms with E-state index in [1.807, 2.05) is 30.3 Å². The Kier molecular flexibility index (Phi) is 3.58. The van der Waals surface area contributed by atoms with Crippen LogP contribution < -0.4 is 0 Å². The molecule has 0 atom stereocenters. The summed E-state index contributed by atoms with van der Waals surface area (Å²) in [6.07, 6.45) is 0. The van der Waals surface area contributed by atoms with Gasteiger partial charge in [0.15, 0.2) is 17.5 Å². The van der Waals surface area contributed by atoms with Gasteiger partial charge in [-0.2, -0.15) is 0 Å². The molecule has 2 heterocycles. The largest absolute Gasteiger partial charge is 0.456 e. The van der Waals surface area contributed by atoms with E-state index < -0.39 is 187 Å². The fourth-order valence-electron chi connectivity index (χ4n) is 5.72. The predicted molar refractivity (Wildman–Crippen MR) is 209 cm³/mol. The Balaban J connectivity index is 1.28. The summed E-state index contributed by atoms with van der Waals surface area (Å²) in [7, 11) is 0. The fraction of sp³-hybridized carbons (Fsp3) is 0. The van der Waals surface area contributed by atoms with Gasteiger partial charge in [0.2, 0.25) is 0 Å². The van der Waals surface area contributed by atoms with Crippen LogP contribution in [0.25, 0.3) is 99.9 Å². The zero-order valence-corrected chi connectivity index (χ0v) is 25.9. The first-order valence-electron chi connectivity index (χ1n) is 25.5. The van der Waals surface area contributed by atoms with Crippen molar-refractivity contribution in [3.8, 4) is 56.4 Å². The highest BCUT2D eigenvalue weighted by Gasteiger charge is 2.15. The van der Waals surface area contributed by atoms with Gasteiger partial charge < -0.3 is 4.42 Å². The maximum absolute atomic E-state index is 9.56. The second kappa shape index (κ2) is 11.9. The van der Waals surface area contributed by atoms with Gasteiger partial charge in [0.05, 0.1) is 27.4 Å². The Hall–Kier alpha value is -6.91. The Morgan fingerprint density at radius 2 is 0.922 bits per heavy atom. The van der Waals surface area contributed by atoms with Gasteiger partial charge in [0.1, 0.15) is 11.2 Å². The average Bonchev–Trinajstić information content (AvgIpc) is 3.76. The minimum Gasteiger partial charge on any atom is -0.456 e. The van der Waals surface area contributed by atoms with Crippen molar-refractivity contribution >= 4 is 43.5 Å². The fourth-order valence-corrected chi connectivity index (χ4v) is 5.72. The number of rotatable bonds is 5. The molecule has 0 aliphatic rings. The highest BCUT2D eigenvalue weighted by molar-refractivity contribution is 6.13. The molecule has 4 heteroatoms. The van der Waals surface area contributed by atoms with Crippen LogP contribution in [0.4, 0.5) is 0 Å². The number of nitrogens with zero attached hydrogens (tertiary/aromatic N) is 3. The van der Waals surface area contributed by atoms with E-state index in [2.05, 4.69) is 15.0 Å². The molecule has 0 aliphatic carbocycles. The normalized spacial score (nSPS) is 17.0. The van der Waals surface area contributed by atoms with Crippen molar-refractivity contribution in [2.45, 2.75) is 0 Å². The Morgan fingerprint density at radius 1 is 0.392 bits per heavy atom. The summed E-state index contributed by atoms with van der Waals surface area (Å²) in [5, 5.41) is -2.53. The van der Waals surface area contributed by atoms with Crippen LogP contribution in [0, 0.1) is 0 Å². The summed E-state index contributed by atoms with van der Waals surface area (Å²) in [4.78, 5) is 13.7. The van der Waals surface area contributed by atoms with E-state index in [-0.39, 0.29) is 16.6 Å². The van der Waals surface area contributed by atoms with Gasteiger partial charge in [-0.15, -0.1) is 0 Å². The molecule has 0 amide bonds. The van der Waals surface area contributed by atoms with Crippen LogP contribution in [-0.2, 0) is 0 Å². The van der Waals surface area contributed by atoms with Crippen LogP contribution in [0.15, 0.2) is 180 Å². The van der Waals surface area contributed by atoms with Gasteiger partial charge in [-0.1, -0.05) is 145 Å². The number of hydrogen-bond donors (Lipinski definition) is 0. The van der Waals surface area contributed by atoms with Crippen LogP contribution in [-0.4, -0.2) is 15.0 Å². The first kappa shape index (κ1) is 15.3. The molecule has 0 bridgehead atoms. The van der Waals surface area contributed by atoms with E-state index in [9.17, 15) is 9.60 Å². The number of aromatic nitrogens is 3. The van der Waals surface area contributed by atoms with Crippen molar-refractivity contribution in [3.05, 3.63) is 175 Å². The van der Waals surface area contributed by atoms with Crippen molar-refractivity contribution < 1.29 is 31.8 Å². The molecule has 8 aromatic carbocycles. The molecule has 10 aromatic rings. The lowest BCUT2D eigenvalue weighted by Crippen LogP contribution is -2.00. The third-order valence-electron chi connectivity index (χ3n) is 8.16. The summed E-state index contributed by atoms with van der Waals surface area (Å²) in [6.45, 7) is 0.